The molecular formula is C24H26N2. The summed E-state index contributed by atoms with van der Waals surface area (Å²) in [4.78, 5) is 4.36. The largest absolute Gasteiger partial charge is 0.385 e. The molecule has 0 radical (unpaired) electrons. The highest BCUT2D eigenvalue weighted by Gasteiger charge is 2.15. The van der Waals surface area contributed by atoms with Gasteiger partial charge >= 0.3 is 0 Å². The van der Waals surface area contributed by atoms with Crippen LogP contribution in [0.25, 0.3) is 11.1 Å². The number of fused-ring (bicyclic) bond motifs is 1. The Morgan fingerprint density at radius 1 is 1.00 bits per heavy atom. The molecule has 2 nitrogen and oxygen atoms in total. The molecule has 0 unspecified atom stereocenters. The molecule has 132 valence electrons. The van der Waals surface area contributed by atoms with Crippen LogP contribution in [0.2, 0.25) is 0 Å². The van der Waals surface area contributed by atoms with Gasteiger partial charge in [0.25, 0.3) is 0 Å². The minimum Gasteiger partial charge on any atom is -0.385 e. The van der Waals surface area contributed by atoms with Crippen LogP contribution in [0.1, 0.15) is 48.1 Å². The van der Waals surface area contributed by atoms with Crippen LogP contribution >= 0.6 is 0 Å². The smallest absolute Gasteiger partial charge is 0.0646 e. The number of nitrogens with zero attached hydrogens (tertiary/aromatic N) is 1. The molecule has 0 fully saturated rings. The van der Waals surface area contributed by atoms with Gasteiger partial charge in [0.2, 0.25) is 0 Å². The Balaban J connectivity index is 1.48. The number of hydrogen-bond donors (Lipinski definition) is 1. The Morgan fingerprint density at radius 3 is 2.46 bits per heavy atom. The molecule has 0 atom stereocenters. The fraction of sp³-hybridized carbons (Fsp3) is 0.292. The van der Waals surface area contributed by atoms with Crippen molar-refractivity contribution in [3.8, 4) is 0 Å². The van der Waals surface area contributed by atoms with Gasteiger partial charge in [-0.3, -0.25) is 4.99 Å². The number of nitrogens with one attached hydrogen (secondary N) is 1. The van der Waals surface area contributed by atoms with Crippen LogP contribution in [0.15, 0.2) is 53.5 Å². The molecule has 0 aromatic heterocycles. The second-order valence-corrected chi connectivity index (χ2v) is 7.75. The van der Waals surface area contributed by atoms with Crippen molar-refractivity contribution in [2.24, 2.45) is 10.9 Å². The van der Waals surface area contributed by atoms with Gasteiger partial charge in [0.1, 0.15) is 0 Å². The van der Waals surface area contributed by atoms with Gasteiger partial charge in [-0.2, -0.15) is 0 Å². The van der Waals surface area contributed by atoms with Crippen molar-refractivity contribution in [1.29, 1.82) is 0 Å². The van der Waals surface area contributed by atoms with E-state index < -0.39 is 0 Å². The minimum absolute atomic E-state index is 0.649. The summed E-state index contributed by atoms with van der Waals surface area (Å²) in [5, 5.41) is 3.54. The first kappa shape index (κ1) is 16.8. The molecule has 1 N–H and O–H groups in total. The third-order valence-corrected chi connectivity index (χ3v) is 5.17. The summed E-state index contributed by atoms with van der Waals surface area (Å²) in [6, 6.07) is 13.5. The highest BCUT2D eigenvalue weighted by molar-refractivity contribution is 5.90. The van der Waals surface area contributed by atoms with Crippen molar-refractivity contribution >= 4 is 23.0 Å². The van der Waals surface area contributed by atoms with Gasteiger partial charge in [-0.25, -0.2) is 0 Å². The quantitative estimate of drug-likeness (QED) is 0.722. The normalized spacial score (nSPS) is 15.2. The lowest BCUT2D eigenvalue weighted by atomic mass is 9.95. The second-order valence-electron chi connectivity index (χ2n) is 7.75. The zero-order valence-corrected chi connectivity index (χ0v) is 15.8. The summed E-state index contributed by atoms with van der Waals surface area (Å²) < 4.78 is 0. The van der Waals surface area contributed by atoms with E-state index in [1.54, 1.807) is 0 Å². The average molecular weight is 342 g/mol. The fourth-order valence-electron chi connectivity index (χ4n) is 3.60. The summed E-state index contributed by atoms with van der Waals surface area (Å²) >= 11 is 0. The zero-order valence-electron chi connectivity index (χ0n) is 15.8. The van der Waals surface area contributed by atoms with Crippen LogP contribution in [-0.4, -0.2) is 12.8 Å². The molecule has 0 saturated carbocycles. The Morgan fingerprint density at radius 2 is 1.73 bits per heavy atom. The zero-order chi connectivity index (χ0) is 18.1. The van der Waals surface area contributed by atoms with E-state index in [4.69, 9.17) is 0 Å². The maximum absolute atomic E-state index is 4.36. The molecule has 1 aliphatic heterocycles. The third kappa shape index (κ3) is 3.37. The van der Waals surface area contributed by atoms with Gasteiger partial charge in [-0.1, -0.05) is 44.2 Å². The van der Waals surface area contributed by atoms with Crippen molar-refractivity contribution in [3.05, 3.63) is 76.4 Å². The van der Waals surface area contributed by atoms with Crippen LogP contribution in [-0.2, 0) is 6.54 Å². The van der Waals surface area contributed by atoms with Gasteiger partial charge in [0, 0.05) is 18.4 Å². The van der Waals surface area contributed by atoms with Crippen LogP contribution in [0, 0.1) is 12.8 Å². The lowest BCUT2D eigenvalue weighted by Crippen LogP contribution is -2.08. The fourth-order valence-corrected chi connectivity index (χ4v) is 3.60. The van der Waals surface area contributed by atoms with Crippen LogP contribution in [0.3, 0.4) is 0 Å². The van der Waals surface area contributed by atoms with Crippen LogP contribution < -0.4 is 5.32 Å². The van der Waals surface area contributed by atoms with Gasteiger partial charge in [0.05, 0.1) is 6.54 Å². The van der Waals surface area contributed by atoms with E-state index in [2.05, 4.69) is 79.6 Å². The monoisotopic (exact) mass is 342 g/mol. The number of rotatable bonds is 5. The van der Waals surface area contributed by atoms with E-state index in [1.807, 2.05) is 6.21 Å². The molecule has 0 bridgehead atoms. The molecule has 26 heavy (non-hydrogen) atoms. The van der Waals surface area contributed by atoms with Gasteiger partial charge < -0.3 is 5.32 Å². The van der Waals surface area contributed by atoms with E-state index in [0.717, 1.165) is 19.5 Å². The van der Waals surface area contributed by atoms with Crippen LogP contribution in [0.4, 0.5) is 5.69 Å². The van der Waals surface area contributed by atoms with E-state index in [-0.39, 0.29) is 0 Å². The molecule has 0 spiro atoms. The van der Waals surface area contributed by atoms with Crippen molar-refractivity contribution in [1.82, 2.24) is 0 Å². The highest BCUT2D eigenvalue weighted by Crippen LogP contribution is 2.35. The van der Waals surface area contributed by atoms with E-state index in [9.17, 15) is 0 Å². The number of aliphatic imine (C=N–C) groups is 1. The molecule has 0 amide bonds. The molecule has 1 heterocycles. The molecule has 1 aliphatic carbocycles. The van der Waals surface area contributed by atoms with Gasteiger partial charge in [-0.05, 0) is 76.4 Å². The Labute approximate surface area is 156 Å². The SMILES string of the molecule is Cc1cc(C2=CC=C(c3ccc4c(c3)C=NC4)C2)ccc1NCC(C)C. The highest BCUT2D eigenvalue weighted by atomic mass is 14.9. The molecule has 2 aromatic carbocycles. The van der Waals surface area contributed by atoms with Gasteiger partial charge in [0.15, 0.2) is 0 Å². The Kier molecular flexibility index (Phi) is 4.50. The minimum atomic E-state index is 0.649. The van der Waals surface area contributed by atoms with Crippen molar-refractivity contribution in [2.75, 3.05) is 11.9 Å². The maximum atomic E-state index is 4.36. The number of aryl methyl sites for hydroxylation is 1. The third-order valence-electron chi connectivity index (χ3n) is 5.17. The summed E-state index contributed by atoms with van der Waals surface area (Å²) in [5.41, 5.74) is 10.6. The first-order chi connectivity index (χ1) is 12.6. The topological polar surface area (TPSA) is 24.4 Å². The summed E-state index contributed by atoms with van der Waals surface area (Å²) in [5.74, 6) is 0.649. The molecular weight excluding hydrogens is 316 g/mol. The number of allylic oxidation sites excluding steroid dienone is 4. The summed E-state index contributed by atoms with van der Waals surface area (Å²) in [6.45, 7) is 8.50. The molecule has 2 heteroatoms. The van der Waals surface area contributed by atoms with Crippen molar-refractivity contribution in [2.45, 2.75) is 33.7 Å². The summed E-state index contributed by atoms with van der Waals surface area (Å²) in [6.07, 6.45) is 7.53. The predicted molar refractivity (Wildman–Crippen MR) is 113 cm³/mol. The van der Waals surface area contributed by atoms with Crippen molar-refractivity contribution < 1.29 is 0 Å². The predicted octanol–water partition coefficient (Wildman–Crippen LogP) is 5.87. The van der Waals surface area contributed by atoms with E-state index in [0.29, 0.717) is 5.92 Å². The Hall–Kier alpha value is -2.61. The number of hydrogen-bond acceptors (Lipinski definition) is 2. The molecule has 0 saturated heterocycles. The number of anilines is 1. The lowest BCUT2D eigenvalue weighted by molar-refractivity contribution is 0.688. The summed E-state index contributed by atoms with van der Waals surface area (Å²) in [7, 11) is 0. The lowest BCUT2D eigenvalue weighted by Gasteiger charge is -2.14. The second kappa shape index (κ2) is 6.95. The van der Waals surface area contributed by atoms with E-state index >= 15 is 0 Å². The van der Waals surface area contributed by atoms with E-state index in [1.165, 1.54) is 44.7 Å². The average Bonchev–Trinajstić information content (AvgIpc) is 3.29. The first-order valence-corrected chi connectivity index (χ1v) is 9.48. The van der Waals surface area contributed by atoms with Gasteiger partial charge in [-0.15, -0.1) is 0 Å². The number of benzene rings is 2. The maximum Gasteiger partial charge on any atom is 0.0646 e. The molecule has 4 rings (SSSR count). The van der Waals surface area contributed by atoms with Crippen molar-refractivity contribution in [3.63, 3.8) is 0 Å². The first-order valence-electron chi connectivity index (χ1n) is 9.48. The standard InChI is InChI=1S/C24H26N2/c1-16(2)13-26-24-9-8-18(10-17(24)3)19-4-5-20(11-19)21-6-7-22-14-25-15-23(22)12-21/h4-10,12,15-16,26H,11,13-14H2,1-3H3. The molecule has 2 aliphatic rings. The molecule has 2 aromatic rings. The Bertz CT molecular complexity index is 929. The van der Waals surface area contributed by atoms with Crippen LogP contribution in [0.5, 0.6) is 0 Å².